The van der Waals surface area contributed by atoms with Crippen LogP contribution in [0.1, 0.15) is 19.4 Å². The number of hydrogen-bond donors (Lipinski definition) is 2. The van der Waals surface area contributed by atoms with Crippen LogP contribution in [-0.2, 0) is 4.79 Å². The van der Waals surface area contributed by atoms with Gasteiger partial charge in [0.25, 0.3) is 0 Å². The van der Waals surface area contributed by atoms with Gasteiger partial charge >= 0.3 is 0 Å². The average molecular weight is 239 g/mol. The quantitative estimate of drug-likeness (QED) is 0.839. The molecule has 0 aliphatic carbocycles. The molecule has 0 saturated carbocycles. The molecule has 0 spiro atoms. The molecule has 0 aliphatic rings. The molecule has 0 fully saturated rings. The van der Waals surface area contributed by atoms with Crippen molar-refractivity contribution in [3.63, 3.8) is 0 Å². The Kier molecular flexibility index (Phi) is 3.32. The van der Waals surface area contributed by atoms with E-state index >= 15 is 0 Å². The standard InChI is InChI=1S/C11H11F2N3O/c1-11(2,10(15)17)16-7-4-3-6(5-14)8(12)9(7)13/h3-4,16H,1-2H3,(H2,15,17). The van der Waals surface area contributed by atoms with Crippen LogP contribution in [0.4, 0.5) is 14.5 Å². The molecule has 3 N–H and O–H groups in total. The van der Waals surface area contributed by atoms with Crippen molar-refractivity contribution in [1.29, 1.82) is 5.26 Å². The topological polar surface area (TPSA) is 78.9 Å². The van der Waals surface area contributed by atoms with Gasteiger partial charge in [0.2, 0.25) is 5.91 Å². The highest BCUT2D eigenvalue weighted by molar-refractivity contribution is 5.87. The molecule has 1 aromatic carbocycles. The Hall–Kier alpha value is -2.16. The lowest BCUT2D eigenvalue weighted by molar-refractivity contribution is -0.121. The van der Waals surface area contributed by atoms with Crippen LogP contribution in [0, 0.1) is 23.0 Å². The summed E-state index contributed by atoms with van der Waals surface area (Å²) >= 11 is 0. The fraction of sp³-hybridized carbons (Fsp3) is 0.273. The van der Waals surface area contributed by atoms with Gasteiger partial charge in [-0.15, -0.1) is 0 Å². The summed E-state index contributed by atoms with van der Waals surface area (Å²) < 4.78 is 26.8. The Morgan fingerprint density at radius 2 is 2.00 bits per heavy atom. The molecular weight excluding hydrogens is 228 g/mol. The molecule has 1 rings (SSSR count). The molecule has 0 bridgehead atoms. The summed E-state index contributed by atoms with van der Waals surface area (Å²) in [5.74, 6) is -3.17. The minimum Gasteiger partial charge on any atom is -0.369 e. The second kappa shape index (κ2) is 4.37. The van der Waals surface area contributed by atoms with Gasteiger partial charge in [-0.25, -0.2) is 8.78 Å². The van der Waals surface area contributed by atoms with Crippen molar-refractivity contribution in [1.82, 2.24) is 0 Å². The molecule has 0 aromatic heterocycles. The van der Waals surface area contributed by atoms with Crippen molar-refractivity contribution >= 4 is 11.6 Å². The first-order chi connectivity index (χ1) is 7.79. The maximum absolute atomic E-state index is 13.5. The van der Waals surface area contributed by atoms with Crippen molar-refractivity contribution in [3.8, 4) is 6.07 Å². The predicted molar refractivity (Wildman–Crippen MR) is 58.0 cm³/mol. The number of benzene rings is 1. The normalized spacial score (nSPS) is 10.8. The van der Waals surface area contributed by atoms with E-state index in [4.69, 9.17) is 11.0 Å². The van der Waals surface area contributed by atoms with Crippen molar-refractivity contribution in [2.75, 3.05) is 5.32 Å². The lowest BCUT2D eigenvalue weighted by Crippen LogP contribution is -2.45. The Balaban J connectivity index is 3.15. The van der Waals surface area contributed by atoms with E-state index in [0.717, 1.165) is 6.07 Å². The first-order valence-corrected chi connectivity index (χ1v) is 4.76. The monoisotopic (exact) mass is 239 g/mol. The molecule has 17 heavy (non-hydrogen) atoms. The van der Waals surface area contributed by atoms with Gasteiger partial charge in [0.15, 0.2) is 11.6 Å². The van der Waals surface area contributed by atoms with Crippen LogP contribution in [0.2, 0.25) is 0 Å². The Labute approximate surface area is 97.0 Å². The van der Waals surface area contributed by atoms with Gasteiger partial charge in [-0.3, -0.25) is 4.79 Å². The highest BCUT2D eigenvalue weighted by Gasteiger charge is 2.26. The molecule has 1 aromatic rings. The Morgan fingerprint density at radius 1 is 1.41 bits per heavy atom. The van der Waals surface area contributed by atoms with Crippen LogP contribution < -0.4 is 11.1 Å². The molecule has 0 unspecified atom stereocenters. The highest BCUT2D eigenvalue weighted by Crippen LogP contribution is 2.23. The largest absolute Gasteiger partial charge is 0.369 e. The summed E-state index contributed by atoms with van der Waals surface area (Å²) in [6, 6.07) is 3.82. The van der Waals surface area contributed by atoms with Crippen molar-refractivity contribution < 1.29 is 13.6 Å². The molecule has 0 radical (unpaired) electrons. The van der Waals surface area contributed by atoms with E-state index in [1.807, 2.05) is 0 Å². The zero-order chi connectivity index (χ0) is 13.2. The van der Waals surface area contributed by atoms with Gasteiger partial charge in [0.1, 0.15) is 11.6 Å². The number of hydrogen-bond acceptors (Lipinski definition) is 3. The smallest absolute Gasteiger partial charge is 0.242 e. The van der Waals surface area contributed by atoms with Crippen LogP contribution in [0.5, 0.6) is 0 Å². The second-order valence-corrected chi connectivity index (χ2v) is 4.01. The van der Waals surface area contributed by atoms with E-state index in [-0.39, 0.29) is 5.69 Å². The average Bonchev–Trinajstić information content (AvgIpc) is 2.25. The first-order valence-electron chi connectivity index (χ1n) is 4.76. The van der Waals surface area contributed by atoms with Gasteiger partial charge < -0.3 is 11.1 Å². The fourth-order valence-corrected chi connectivity index (χ4v) is 1.13. The predicted octanol–water partition coefficient (Wildman–Crippen LogP) is 1.51. The maximum Gasteiger partial charge on any atom is 0.242 e. The van der Waals surface area contributed by atoms with E-state index in [1.165, 1.54) is 26.0 Å². The zero-order valence-corrected chi connectivity index (χ0v) is 9.34. The van der Waals surface area contributed by atoms with E-state index in [0.29, 0.717) is 0 Å². The molecule has 1 amide bonds. The van der Waals surface area contributed by atoms with Gasteiger partial charge in [-0.1, -0.05) is 0 Å². The van der Waals surface area contributed by atoms with Crippen LogP contribution >= 0.6 is 0 Å². The fourth-order valence-electron chi connectivity index (χ4n) is 1.13. The molecule has 4 nitrogen and oxygen atoms in total. The summed E-state index contributed by atoms with van der Waals surface area (Å²) in [4.78, 5) is 11.0. The zero-order valence-electron chi connectivity index (χ0n) is 9.34. The van der Waals surface area contributed by atoms with Crippen LogP contribution in [0.3, 0.4) is 0 Å². The van der Waals surface area contributed by atoms with Crippen LogP contribution in [0.25, 0.3) is 0 Å². The highest BCUT2D eigenvalue weighted by atomic mass is 19.2. The number of nitriles is 1. The van der Waals surface area contributed by atoms with E-state index in [2.05, 4.69) is 5.32 Å². The van der Waals surface area contributed by atoms with Gasteiger partial charge in [0, 0.05) is 0 Å². The maximum atomic E-state index is 13.5. The van der Waals surface area contributed by atoms with Gasteiger partial charge in [-0.05, 0) is 26.0 Å². The molecule has 0 saturated heterocycles. The van der Waals surface area contributed by atoms with E-state index in [1.54, 1.807) is 0 Å². The molecular formula is C11H11F2N3O. The number of carbonyl (C=O) groups is 1. The minimum absolute atomic E-state index is 0.217. The number of primary amides is 1. The van der Waals surface area contributed by atoms with E-state index < -0.39 is 28.6 Å². The lowest BCUT2D eigenvalue weighted by Gasteiger charge is -2.24. The molecule has 6 heteroatoms. The van der Waals surface area contributed by atoms with Crippen LogP contribution in [-0.4, -0.2) is 11.4 Å². The second-order valence-electron chi connectivity index (χ2n) is 4.01. The van der Waals surface area contributed by atoms with Crippen LogP contribution in [0.15, 0.2) is 12.1 Å². The number of nitrogens with two attached hydrogens (primary N) is 1. The summed E-state index contributed by atoms with van der Waals surface area (Å²) in [5, 5.41) is 11.0. The number of amides is 1. The lowest BCUT2D eigenvalue weighted by atomic mass is 10.0. The molecule has 0 heterocycles. The number of nitrogens with zero attached hydrogens (tertiary/aromatic N) is 1. The summed E-state index contributed by atoms with van der Waals surface area (Å²) in [7, 11) is 0. The number of halogens is 2. The summed E-state index contributed by atoms with van der Waals surface area (Å²) in [6.45, 7) is 2.87. The third-order valence-corrected chi connectivity index (χ3v) is 2.27. The summed E-state index contributed by atoms with van der Waals surface area (Å²) in [5.41, 5.74) is 3.26. The summed E-state index contributed by atoms with van der Waals surface area (Å²) in [6.07, 6.45) is 0. The molecule has 0 aliphatic heterocycles. The van der Waals surface area contributed by atoms with Crippen molar-refractivity contribution in [3.05, 3.63) is 29.3 Å². The molecule has 0 atom stereocenters. The van der Waals surface area contributed by atoms with E-state index in [9.17, 15) is 13.6 Å². The van der Waals surface area contributed by atoms with Gasteiger partial charge in [0.05, 0.1) is 11.3 Å². The number of nitrogens with one attached hydrogen (secondary N) is 1. The van der Waals surface area contributed by atoms with Crippen molar-refractivity contribution in [2.45, 2.75) is 19.4 Å². The third-order valence-electron chi connectivity index (χ3n) is 2.27. The third kappa shape index (κ3) is 2.50. The number of anilines is 1. The first kappa shape index (κ1) is 12.9. The molecule has 90 valence electrons. The van der Waals surface area contributed by atoms with Gasteiger partial charge in [-0.2, -0.15) is 5.26 Å². The minimum atomic E-state index is -1.25. The van der Waals surface area contributed by atoms with Crippen molar-refractivity contribution in [2.24, 2.45) is 5.73 Å². The number of carbonyl (C=O) groups excluding carboxylic acids is 1. The number of rotatable bonds is 3. The SMILES string of the molecule is CC(C)(Nc1ccc(C#N)c(F)c1F)C(N)=O. The Morgan fingerprint density at radius 3 is 2.47 bits per heavy atom. The Bertz CT molecular complexity index is 506.